The molecule has 0 fully saturated rings. The molecule has 1 aromatic carbocycles. The molecule has 1 aromatic heterocycles. The number of hydrogen-bond acceptors (Lipinski definition) is 3. The highest BCUT2D eigenvalue weighted by molar-refractivity contribution is 7.20. The van der Waals surface area contributed by atoms with Crippen LogP contribution in [0, 0.1) is 12.3 Å². The highest BCUT2D eigenvalue weighted by atomic mass is 32.1. The monoisotopic (exact) mass is 258 g/mol. The van der Waals surface area contributed by atoms with Gasteiger partial charge in [0.1, 0.15) is 0 Å². The molecule has 2 rings (SSSR count). The minimum absolute atomic E-state index is 0.0183. The van der Waals surface area contributed by atoms with Crippen LogP contribution in [-0.4, -0.2) is 23.9 Å². The van der Waals surface area contributed by atoms with Gasteiger partial charge in [0.15, 0.2) is 0 Å². The van der Waals surface area contributed by atoms with E-state index in [1.807, 2.05) is 31.2 Å². The van der Waals surface area contributed by atoms with Crippen LogP contribution in [0.1, 0.15) is 16.6 Å². The van der Waals surface area contributed by atoms with Crippen LogP contribution in [0.3, 0.4) is 0 Å². The van der Waals surface area contributed by atoms with Crippen LogP contribution in [0.15, 0.2) is 24.3 Å². The van der Waals surface area contributed by atoms with Crippen LogP contribution in [0.2, 0.25) is 0 Å². The normalized spacial score (nSPS) is 10.2. The number of nitrogens with two attached hydrogens (primary N) is 1. The zero-order chi connectivity index (χ0) is 13.1. The summed E-state index contributed by atoms with van der Waals surface area (Å²) >= 11 is 1.47. The fraction of sp³-hybridized carbons (Fsp3) is 0.214. The van der Waals surface area contributed by atoms with Gasteiger partial charge in [-0.1, -0.05) is 5.92 Å². The third-order valence-electron chi connectivity index (χ3n) is 2.70. The molecule has 0 saturated heterocycles. The number of nitrogen functional groups attached to an aromatic ring is 1. The second-order valence-electron chi connectivity index (χ2n) is 3.93. The number of fused-ring (bicyclic) bond motifs is 1. The van der Waals surface area contributed by atoms with Gasteiger partial charge in [-0.15, -0.1) is 17.8 Å². The molecule has 4 heteroatoms. The lowest BCUT2D eigenvalue weighted by Crippen LogP contribution is -2.30. The number of thiophene rings is 1. The van der Waals surface area contributed by atoms with Crippen molar-refractivity contribution >= 4 is 33.0 Å². The van der Waals surface area contributed by atoms with Crippen LogP contribution < -0.4 is 5.73 Å². The zero-order valence-corrected chi connectivity index (χ0v) is 11.0. The van der Waals surface area contributed by atoms with Gasteiger partial charge in [-0.2, -0.15) is 0 Å². The summed E-state index contributed by atoms with van der Waals surface area (Å²) < 4.78 is 1.06. The predicted molar refractivity (Wildman–Crippen MR) is 76.6 cm³/mol. The van der Waals surface area contributed by atoms with Gasteiger partial charge < -0.3 is 10.6 Å². The molecule has 1 amide bonds. The molecule has 0 aliphatic rings. The number of anilines is 1. The number of carbonyl (C=O) groups is 1. The number of rotatable bonds is 3. The van der Waals surface area contributed by atoms with Gasteiger partial charge in [-0.3, -0.25) is 4.79 Å². The van der Waals surface area contributed by atoms with Crippen molar-refractivity contribution < 1.29 is 4.79 Å². The fourth-order valence-electron chi connectivity index (χ4n) is 1.76. The summed E-state index contributed by atoms with van der Waals surface area (Å²) in [6, 6.07) is 7.52. The molecule has 0 unspecified atom stereocenters. The molecular formula is C14H14N2OS. The second-order valence-corrected chi connectivity index (χ2v) is 5.02. The van der Waals surface area contributed by atoms with Crippen LogP contribution >= 0.6 is 11.3 Å². The lowest BCUT2D eigenvalue weighted by molar-refractivity contribution is 0.0790. The molecule has 0 atom stereocenters. The van der Waals surface area contributed by atoms with Crippen molar-refractivity contribution in [3.8, 4) is 12.3 Å². The average Bonchev–Trinajstić information content (AvgIpc) is 2.77. The summed E-state index contributed by atoms with van der Waals surface area (Å²) in [5.74, 6) is 2.48. The Morgan fingerprint density at radius 1 is 1.50 bits per heavy atom. The third kappa shape index (κ3) is 2.31. The van der Waals surface area contributed by atoms with Gasteiger partial charge >= 0.3 is 0 Å². The Morgan fingerprint density at radius 3 is 2.94 bits per heavy atom. The van der Waals surface area contributed by atoms with Crippen molar-refractivity contribution in [1.29, 1.82) is 0 Å². The summed E-state index contributed by atoms with van der Waals surface area (Å²) in [6.07, 6.45) is 5.26. The first-order valence-corrected chi connectivity index (χ1v) is 6.49. The van der Waals surface area contributed by atoms with Gasteiger partial charge in [0.05, 0.1) is 11.4 Å². The fourth-order valence-corrected chi connectivity index (χ4v) is 2.77. The molecule has 0 saturated carbocycles. The van der Waals surface area contributed by atoms with Crippen LogP contribution in [-0.2, 0) is 0 Å². The lowest BCUT2D eigenvalue weighted by atomic mass is 10.2. The minimum Gasteiger partial charge on any atom is -0.399 e. The Kier molecular flexibility index (Phi) is 3.54. The molecule has 18 heavy (non-hydrogen) atoms. The smallest absolute Gasteiger partial charge is 0.264 e. The maximum atomic E-state index is 12.2. The zero-order valence-electron chi connectivity index (χ0n) is 10.1. The molecule has 3 nitrogen and oxygen atoms in total. The number of hydrogen-bond donors (Lipinski definition) is 1. The Balaban J connectivity index is 2.36. The standard InChI is InChI=1S/C14H14N2OS/c1-3-7-16(4-2)14(17)13-9-10-8-11(15)5-6-12(10)18-13/h1,5-6,8-9H,4,7,15H2,2H3. The van der Waals surface area contributed by atoms with E-state index in [2.05, 4.69) is 5.92 Å². The number of carbonyl (C=O) groups excluding carboxylic acids is 1. The molecule has 2 N–H and O–H groups in total. The van der Waals surface area contributed by atoms with Gasteiger partial charge in [0, 0.05) is 16.9 Å². The topological polar surface area (TPSA) is 46.3 Å². The van der Waals surface area contributed by atoms with Crippen molar-refractivity contribution in [1.82, 2.24) is 4.90 Å². The molecule has 0 aliphatic heterocycles. The van der Waals surface area contributed by atoms with E-state index in [1.54, 1.807) is 4.90 Å². The van der Waals surface area contributed by atoms with E-state index in [0.717, 1.165) is 10.1 Å². The predicted octanol–water partition coefficient (Wildman–Crippen LogP) is 2.58. The highest BCUT2D eigenvalue weighted by Gasteiger charge is 2.15. The van der Waals surface area contributed by atoms with E-state index >= 15 is 0 Å². The second kappa shape index (κ2) is 5.11. The lowest BCUT2D eigenvalue weighted by Gasteiger charge is -2.16. The van der Waals surface area contributed by atoms with E-state index in [-0.39, 0.29) is 5.91 Å². The van der Waals surface area contributed by atoms with Crippen molar-refractivity contribution in [3.63, 3.8) is 0 Å². The molecular weight excluding hydrogens is 244 g/mol. The SMILES string of the molecule is C#CCN(CC)C(=O)c1cc2cc(N)ccc2s1. The first-order valence-electron chi connectivity index (χ1n) is 5.67. The molecule has 0 bridgehead atoms. The van der Waals surface area contributed by atoms with E-state index < -0.39 is 0 Å². The van der Waals surface area contributed by atoms with Gasteiger partial charge in [0.25, 0.3) is 5.91 Å². The summed E-state index contributed by atoms with van der Waals surface area (Å²) in [5, 5.41) is 1.00. The third-order valence-corrected chi connectivity index (χ3v) is 3.81. The number of benzene rings is 1. The molecule has 0 aliphatic carbocycles. The maximum absolute atomic E-state index is 12.2. The Labute approximate surface area is 110 Å². The van der Waals surface area contributed by atoms with Gasteiger partial charge in [-0.05, 0) is 36.6 Å². The van der Waals surface area contributed by atoms with Crippen molar-refractivity contribution in [2.24, 2.45) is 0 Å². The Hall–Kier alpha value is -1.99. The van der Waals surface area contributed by atoms with E-state index in [9.17, 15) is 4.79 Å². The number of nitrogens with zero attached hydrogens (tertiary/aromatic N) is 1. The van der Waals surface area contributed by atoms with E-state index in [4.69, 9.17) is 12.2 Å². The van der Waals surface area contributed by atoms with Crippen molar-refractivity contribution in [3.05, 3.63) is 29.1 Å². The first kappa shape index (κ1) is 12.5. The summed E-state index contributed by atoms with van der Waals surface area (Å²) in [6.45, 7) is 2.87. The van der Waals surface area contributed by atoms with E-state index in [0.29, 0.717) is 23.7 Å². The largest absolute Gasteiger partial charge is 0.399 e. The molecule has 92 valence electrons. The summed E-state index contributed by atoms with van der Waals surface area (Å²) in [7, 11) is 0. The highest BCUT2D eigenvalue weighted by Crippen LogP contribution is 2.28. The quantitative estimate of drug-likeness (QED) is 0.679. The van der Waals surface area contributed by atoms with Crippen molar-refractivity contribution in [2.45, 2.75) is 6.92 Å². The molecule has 1 heterocycles. The van der Waals surface area contributed by atoms with Crippen LogP contribution in [0.25, 0.3) is 10.1 Å². The first-order chi connectivity index (χ1) is 8.65. The minimum atomic E-state index is -0.0183. The van der Waals surface area contributed by atoms with E-state index in [1.165, 1.54) is 11.3 Å². The van der Waals surface area contributed by atoms with Crippen LogP contribution in [0.4, 0.5) is 5.69 Å². The molecule has 0 radical (unpaired) electrons. The van der Waals surface area contributed by atoms with Gasteiger partial charge in [-0.25, -0.2) is 0 Å². The molecule has 0 spiro atoms. The average molecular weight is 258 g/mol. The van der Waals surface area contributed by atoms with Gasteiger partial charge in [0.2, 0.25) is 0 Å². The van der Waals surface area contributed by atoms with Crippen LogP contribution in [0.5, 0.6) is 0 Å². The van der Waals surface area contributed by atoms with Crippen molar-refractivity contribution in [2.75, 3.05) is 18.8 Å². The number of amides is 1. The molecule has 2 aromatic rings. The summed E-state index contributed by atoms with van der Waals surface area (Å²) in [5.41, 5.74) is 6.43. The Bertz CT molecular complexity index is 624. The number of terminal acetylenes is 1. The summed E-state index contributed by atoms with van der Waals surface area (Å²) in [4.78, 5) is 14.6. The maximum Gasteiger partial charge on any atom is 0.264 e. The Morgan fingerprint density at radius 2 is 2.28 bits per heavy atom.